The summed E-state index contributed by atoms with van der Waals surface area (Å²) in [6.45, 7) is 0. The number of methoxy groups -OCH3 is 1. The quantitative estimate of drug-likeness (QED) is 0.109. The summed E-state index contributed by atoms with van der Waals surface area (Å²) >= 11 is 0. The molecule has 1 heterocycles. The van der Waals surface area contributed by atoms with Gasteiger partial charge in [-0.1, -0.05) is 18.2 Å². The second-order valence-corrected chi connectivity index (χ2v) is 7.27. The number of non-ortho nitro benzene ring substituents is 1. The van der Waals surface area contributed by atoms with Gasteiger partial charge < -0.3 is 14.6 Å². The Balaban J connectivity index is 0.00000342. The fourth-order valence-electron chi connectivity index (χ4n) is 3.49. The van der Waals surface area contributed by atoms with Crippen LogP contribution in [0.25, 0.3) is 16.6 Å². The Kier molecular flexibility index (Phi) is 8.13. The first kappa shape index (κ1) is 25.8. The van der Waals surface area contributed by atoms with E-state index in [1.54, 1.807) is 12.1 Å². The number of nitro groups is 1. The van der Waals surface area contributed by atoms with E-state index in [1.807, 2.05) is 0 Å². The number of Topliss-reactive ketones (excluding diaryl/α,β-unsaturated/α-hetero) is 1. The van der Waals surface area contributed by atoms with Crippen molar-refractivity contribution in [2.75, 3.05) is 7.11 Å². The molecule has 170 valence electrons. The van der Waals surface area contributed by atoms with Crippen LogP contribution in [0.5, 0.6) is 5.75 Å². The van der Waals surface area contributed by atoms with E-state index in [2.05, 4.69) is 14.9 Å². The third kappa shape index (κ3) is 5.62. The molecule has 11 heteroatoms. The SMILES string of the molecule is COc1ccc(C(=O)C(Cc2ccc([N+](=O)[O-])cc2)=C(C(=O)[O-])c2ccc3nonc3c2)cc1.[Na+]. The van der Waals surface area contributed by atoms with E-state index in [4.69, 9.17) is 4.74 Å². The van der Waals surface area contributed by atoms with Crippen LogP contribution in [0.1, 0.15) is 21.5 Å². The number of carboxylic acids is 1. The van der Waals surface area contributed by atoms with E-state index >= 15 is 0 Å². The summed E-state index contributed by atoms with van der Waals surface area (Å²) in [5.41, 5.74) is 1.13. The molecule has 0 aliphatic rings. The molecule has 0 saturated carbocycles. The standard InChI is InChI=1S/C24H17N3O7.Na/c1-33-18-9-4-15(5-10-18)23(28)19(12-14-2-7-17(8-3-14)27(31)32)22(24(29)30)16-6-11-20-21(13-16)26-34-25-20;/h2-11,13H,12H2,1H3,(H,29,30);/q;+1/p-1. The van der Waals surface area contributed by atoms with Crippen molar-refractivity contribution in [3.63, 3.8) is 0 Å². The number of fused-ring (bicyclic) bond motifs is 1. The maximum atomic E-state index is 13.5. The van der Waals surface area contributed by atoms with Crippen molar-refractivity contribution >= 4 is 34.0 Å². The number of allylic oxidation sites excluding steroid dienone is 1. The van der Waals surface area contributed by atoms with Crippen molar-refractivity contribution in [2.24, 2.45) is 0 Å². The van der Waals surface area contributed by atoms with Gasteiger partial charge in [0.2, 0.25) is 0 Å². The zero-order chi connectivity index (χ0) is 24.2. The Labute approximate surface area is 220 Å². The summed E-state index contributed by atoms with van der Waals surface area (Å²) in [7, 11) is 1.49. The third-order valence-electron chi connectivity index (χ3n) is 5.20. The summed E-state index contributed by atoms with van der Waals surface area (Å²) < 4.78 is 9.79. The van der Waals surface area contributed by atoms with Gasteiger partial charge in [0.05, 0.1) is 18.0 Å². The molecule has 10 nitrogen and oxygen atoms in total. The summed E-state index contributed by atoms with van der Waals surface area (Å²) in [6, 6.07) is 16.2. The van der Waals surface area contributed by atoms with E-state index in [0.29, 0.717) is 22.3 Å². The van der Waals surface area contributed by atoms with E-state index in [9.17, 15) is 24.8 Å². The van der Waals surface area contributed by atoms with Gasteiger partial charge in [0.15, 0.2) is 5.78 Å². The zero-order valence-electron chi connectivity index (χ0n) is 18.8. The van der Waals surface area contributed by atoms with E-state index in [0.717, 1.165) is 0 Å². The van der Waals surface area contributed by atoms with Crippen LogP contribution >= 0.6 is 0 Å². The van der Waals surface area contributed by atoms with Gasteiger partial charge in [-0.25, -0.2) is 4.63 Å². The van der Waals surface area contributed by atoms with Crippen LogP contribution in [0.15, 0.2) is 76.9 Å². The first-order valence-electron chi connectivity index (χ1n) is 9.96. The second-order valence-electron chi connectivity index (χ2n) is 7.27. The number of hydrogen-bond acceptors (Lipinski definition) is 9. The van der Waals surface area contributed by atoms with Crippen LogP contribution in [0.2, 0.25) is 0 Å². The fraction of sp³-hybridized carbons (Fsp3) is 0.0833. The van der Waals surface area contributed by atoms with Gasteiger partial charge >= 0.3 is 29.6 Å². The van der Waals surface area contributed by atoms with Gasteiger partial charge in [-0.3, -0.25) is 14.9 Å². The van der Waals surface area contributed by atoms with Crippen molar-refractivity contribution in [3.05, 3.63) is 99.1 Å². The number of hydrogen-bond donors (Lipinski definition) is 0. The van der Waals surface area contributed by atoms with Gasteiger partial charge in [-0.2, -0.15) is 0 Å². The molecule has 0 spiro atoms. The van der Waals surface area contributed by atoms with Crippen LogP contribution in [-0.2, 0) is 11.2 Å². The average molecular weight is 481 g/mol. The smallest absolute Gasteiger partial charge is 0.545 e. The normalized spacial score (nSPS) is 11.3. The molecule has 0 amide bonds. The number of benzene rings is 3. The predicted molar refractivity (Wildman–Crippen MR) is 118 cm³/mol. The number of rotatable bonds is 8. The first-order valence-corrected chi connectivity index (χ1v) is 9.96. The van der Waals surface area contributed by atoms with Gasteiger partial charge in [0.25, 0.3) is 5.69 Å². The average Bonchev–Trinajstić information content (AvgIpc) is 3.31. The molecule has 0 saturated heterocycles. The maximum Gasteiger partial charge on any atom is 1.00 e. The van der Waals surface area contributed by atoms with Crippen LogP contribution in [0, 0.1) is 10.1 Å². The largest absolute Gasteiger partial charge is 1.00 e. The molecule has 0 radical (unpaired) electrons. The van der Waals surface area contributed by atoms with Crippen molar-refractivity contribution < 1.29 is 58.5 Å². The zero-order valence-corrected chi connectivity index (χ0v) is 20.8. The van der Waals surface area contributed by atoms with Crippen LogP contribution < -0.4 is 39.4 Å². The number of ether oxygens (including phenoxy) is 1. The van der Waals surface area contributed by atoms with Crippen LogP contribution in [-0.4, -0.2) is 34.1 Å². The molecule has 0 aliphatic heterocycles. The molecular formula is C24H16N3NaO7. The summed E-state index contributed by atoms with van der Waals surface area (Å²) in [5, 5.41) is 30.7. The molecule has 4 rings (SSSR count). The number of nitro benzene ring substituents is 1. The molecule has 1 aromatic heterocycles. The number of carbonyl (C=O) groups excluding carboxylic acids is 2. The Morgan fingerprint density at radius 3 is 2.17 bits per heavy atom. The van der Waals surface area contributed by atoms with E-state index < -0.39 is 16.7 Å². The third-order valence-corrected chi connectivity index (χ3v) is 5.20. The Morgan fingerprint density at radius 1 is 0.943 bits per heavy atom. The number of carbonyl (C=O) groups is 2. The molecular weight excluding hydrogens is 465 g/mol. The van der Waals surface area contributed by atoms with E-state index in [-0.39, 0.29) is 63.9 Å². The molecule has 3 aromatic carbocycles. The summed E-state index contributed by atoms with van der Waals surface area (Å²) in [5.74, 6) is -1.57. The predicted octanol–water partition coefficient (Wildman–Crippen LogP) is -0.227. The van der Waals surface area contributed by atoms with Gasteiger partial charge in [0, 0.05) is 35.3 Å². The van der Waals surface area contributed by atoms with Crippen LogP contribution in [0.4, 0.5) is 5.69 Å². The number of nitrogens with zero attached hydrogens (tertiary/aromatic N) is 3. The number of carboxylic acid groups (broad SMARTS) is 1. The molecule has 0 atom stereocenters. The molecule has 0 N–H and O–H groups in total. The first-order chi connectivity index (χ1) is 16.4. The number of aromatic nitrogens is 2. The van der Waals surface area contributed by atoms with Gasteiger partial charge in [-0.05, 0) is 57.8 Å². The monoisotopic (exact) mass is 481 g/mol. The maximum absolute atomic E-state index is 13.5. The molecule has 35 heavy (non-hydrogen) atoms. The van der Waals surface area contributed by atoms with Gasteiger partial charge in [-0.15, -0.1) is 0 Å². The molecule has 0 fully saturated rings. The van der Waals surface area contributed by atoms with Crippen molar-refractivity contribution in [1.29, 1.82) is 0 Å². The topological polar surface area (TPSA) is 148 Å². The summed E-state index contributed by atoms with van der Waals surface area (Å²) in [6.07, 6.45) is -0.110. The fourth-order valence-corrected chi connectivity index (χ4v) is 3.49. The minimum absolute atomic E-state index is 0. The van der Waals surface area contributed by atoms with E-state index in [1.165, 1.54) is 61.7 Å². The Bertz CT molecular complexity index is 1430. The summed E-state index contributed by atoms with van der Waals surface area (Å²) in [4.78, 5) is 36.2. The van der Waals surface area contributed by atoms with Crippen molar-refractivity contribution in [2.45, 2.75) is 6.42 Å². The number of aliphatic carboxylic acids is 1. The second kappa shape index (κ2) is 11.0. The van der Waals surface area contributed by atoms with Crippen molar-refractivity contribution in [3.8, 4) is 5.75 Å². The van der Waals surface area contributed by atoms with Gasteiger partial charge in [0.1, 0.15) is 16.8 Å². The Hall–Kier alpha value is -3.86. The minimum Gasteiger partial charge on any atom is -0.545 e. The minimum atomic E-state index is -1.56. The Morgan fingerprint density at radius 2 is 1.57 bits per heavy atom. The number of ketones is 1. The van der Waals surface area contributed by atoms with Crippen molar-refractivity contribution in [1.82, 2.24) is 10.3 Å². The molecule has 0 aliphatic carbocycles. The molecule has 0 bridgehead atoms. The van der Waals surface area contributed by atoms with Crippen LogP contribution in [0.3, 0.4) is 0 Å². The molecule has 0 unspecified atom stereocenters. The molecule has 4 aromatic rings.